The van der Waals surface area contributed by atoms with E-state index in [2.05, 4.69) is 15.5 Å². The zero-order chi connectivity index (χ0) is 9.80. The average molecular weight is 188 g/mol. The van der Waals surface area contributed by atoms with Crippen LogP contribution in [-0.2, 0) is 6.54 Å². The maximum absolute atomic E-state index is 10.5. The van der Waals surface area contributed by atoms with Crippen molar-refractivity contribution in [3.05, 3.63) is 41.7 Å². The molecule has 0 aliphatic rings. The highest BCUT2D eigenvalue weighted by Crippen LogP contribution is 2.01. The van der Waals surface area contributed by atoms with Gasteiger partial charge in [0, 0.05) is 0 Å². The molecule has 0 bridgehead atoms. The molecular formula is C9H8N4O. The lowest BCUT2D eigenvalue weighted by Crippen LogP contribution is -2.06. The Balaban J connectivity index is 2.23. The first-order chi connectivity index (χ1) is 6.90. The van der Waals surface area contributed by atoms with Gasteiger partial charge in [0.05, 0.1) is 6.54 Å². The topological polar surface area (TPSA) is 60.7 Å². The number of carbonyl (C=O) groups excluding carboxylic acids is 1. The molecule has 2 rings (SSSR count). The average Bonchev–Trinajstić information content (AvgIpc) is 2.67. The molecule has 1 heterocycles. The fourth-order valence-electron chi connectivity index (χ4n) is 1.16. The minimum atomic E-state index is 0.244. The van der Waals surface area contributed by atoms with Crippen LogP contribution in [0.5, 0.6) is 0 Å². The van der Waals surface area contributed by atoms with Gasteiger partial charge >= 0.3 is 0 Å². The van der Waals surface area contributed by atoms with Crippen LogP contribution in [0.25, 0.3) is 0 Å². The Morgan fingerprint density at radius 3 is 2.79 bits per heavy atom. The second-order valence-corrected chi connectivity index (χ2v) is 2.80. The van der Waals surface area contributed by atoms with Crippen LogP contribution in [0.15, 0.2) is 30.3 Å². The van der Waals surface area contributed by atoms with E-state index in [4.69, 9.17) is 0 Å². The SMILES string of the molecule is O=Cc1nnnn1Cc1ccccc1. The van der Waals surface area contributed by atoms with Crippen molar-refractivity contribution in [3.63, 3.8) is 0 Å². The third kappa shape index (κ3) is 1.66. The number of benzene rings is 1. The Morgan fingerprint density at radius 1 is 1.29 bits per heavy atom. The lowest BCUT2D eigenvalue weighted by Gasteiger charge is -1.99. The highest BCUT2D eigenvalue weighted by atomic mass is 16.1. The molecule has 14 heavy (non-hydrogen) atoms. The second kappa shape index (κ2) is 3.78. The molecule has 0 atom stereocenters. The summed E-state index contributed by atoms with van der Waals surface area (Å²) in [6, 6.07) is 9.71. The van der Waals surface area contributed by atoms with Crippen LogP contribution in [0.4, 0.5) is 0 Å². The number of hydrogen-bond acceptors (Lipinski definition) is 4. The van der Waals surface area contributed by atoms with Crippen LogP contribution < -0.4 is 0 Å². The summed E-state index contributed by atoms with van der Waals surface area (Å²) >= 11 is 0. The first kappa shape index (κ1) is 8.55. The summed E-state index contributed by atoms with van der Waals surface area (Å²) in [7, 11) is 0. The number of hydrogen-bond donors (Lipinski definition) is 0. The van der Waals surface area contributed by atoms with Crippen molar-refractivity contribution in [2.45, 2.75) is 6.54 Å². The monoisotopic (exact) mass is 188 g/mol. The van der Waals surface area contributed by atoms with Crippen molar-refractivity contribution in [2.24, 2.45) is 0 Å². The largest absolute Gasteiger partial charge is 0.294 e. The van der Waals surface area contributed by atoms with Crippen molar-refractivity contribution < 1.29 is 4.79 Å². The predicted octanol–water partition coefficient (Wildman–Crippen LogP) is 0.534. The molecule has 70 valence electrons. The van der Waals surface area contributed by atoms with Crippen molar-refractivity contribution in [2.75, 3.05) is 0 Å². The highest BCUT2D eigenvalue weighted by Gasteiger charge is 2.03. The fourth-order valence-corrected chi connectivity index (χ4v) is 1.16. The number of tetrazole rings is 1. The van der Waals surface area contributed by atoms with Crippen LogP contribution in [0, 0.1) is 0 Å². The van der Waals surface area contributed by atoms with Crippen molar-refractivity contribution in [1.29, 1.82) is 0 Å². The first-order valence-electron chi connectivity index (χ1n) is 4.15. The molecule has 0 aliphatic heterocycles. The van der Waals surface area contributed by atoms with Gasteiger partial charge in [0.2, 0.25) is 5.82 Å². The molecule has 2 aromatic rings. The van der Waals surface area contributed by atoms with Crippen LogP contribution in [0.3, 0.4) is 0 Å². The van der Waals surface area contributed by atoms with Crippen molar-refractivity contribution in [3.8, 4) is 0 Å². The van der Waals surface area contributed by atoms with E-state index < -0.39 is 0 Å². The third-order valence-electron chi connectivity index (χ3n) is 1.84. The Labute approximate surface area is 80.4 Å². The Bertz CT molecular complexity index is 423. The number of carbonyl (C=O) groups is 1. The molecule has 0 amide bonds. The fraction of sp³-hybridized carbons (Fsp3) is 0.111. The number of rotatable bonds is 3. The van der Waals surface area contributed by atoms with E-state index >= 15 is 0 Å². The van der Waals surface area contributed by atoms with Crippen molar-refractivity contribution in [1.82, 2.24) is 20.2 Å². The van der Waals surface area contributed by atoms with E-state index in [1.807, 2.05) is 30.3 Å². The zero-order valence-corrected chi connectivity index (χ0v) is 7.37. The van der Waals surface area contributed by atoms with Gasteiger partial charge < -0.3 is 0 Å². The molecule has 0 saturated heterocycles. The van der Waals surface area contributed by atoms with E-state index in [9.17, 15) is 4.79 Å². The molecule has 1 aromatic carbocycles. The van der Waals surface area contributed by atoms with Crippen molar-refractivity contribution >= 4 is 6.29 Å². The second-order valence-electron chi connectivity index (χ2n) is 2.80. The first-order valence-corrected chi connectivity index (χ1v) is 4.15. The molecule has 5 heteroatoms. The van der Waals surface area contributed by atoms with Gasteiger partial charge in [-0.05, 0) is 16.0 Å². The molecule has 0 radical (unpaired) electrons. The highest BCUT2D eigenvalue weighted by molar-refractivity contribution is 5.68. The maximum Gasteiger partial charge on any atom is 0.215 e. The summed E-state index contributed by atoms with van der Waals surface area (Å²) in [5.41, 5.74) is 1.06. The van der Waals surface area contributed by atoms with Gasteiger partial charge in [-0.1, -0.05) is 30.3 Å². The molecule has 0 N–H and O–H groups in total. The Kier molecular flexibility index (Phi) is 2.31. The van der Waals surface area contributed by atoms with Crippen LogP contribution in [0.2, 0.25) is 0 Å². The number of nitrogens with zero attached hydrogens (tertiary/aromatic N) is 4. The molecule has 1 aromatic heterocycles. The lowest BCUT2D eigenvalue weighted by molar-refractivity contribution is 0.111. The Morgan fingerprint density at radius 2 is 2.07 bits per heavy atom. The third-order valence-corrected chi connectivity index (χ3v) is 1.84. The molecule has 0 spiro atoms. The lowest BCUT2D eigenvalue weighted by atomic mass is 10.2. The number of aromatic nitrogens is 4. The Hall–Kier alpha value is -2.04. The molecule has 5 nitrogen and oxygen atoms in total. The van der Waals surface area contributed by atoms with Gasteiger partial charge in [0.15, 0.2) is 6.29 Å². The summed E-state index contributed by atoms with van der Waals surface area (Å²) < 4.78 is 1.46. The van der Waals surface area contributed by atoms with Crippen LogP contribution >= 0.6 is 0 Å². The van der Waals surface area contributed by atoms with E-state index in [-0.39, 0.29) is 5.82 Å². The number of aldehydes is 1. The standard InChI is InChI=1S/C9H8N4O/c14-7-9-10-11-12-13(9)6-8-4-2-1-3-5-8/h1-5,7H,6H2. The summed E-state index contributed by atoms with van der Waals surface area (Å²) in [6.07, 6.45) is 0.642. The molecular weight excluding hydrogens is 180 g/mol. The smallest absolute Gasteiger partial charge is 0.215 e. The summed E-state index contributed by atoms with van der Waals surface area (Å²) in [5.74, 6) is 0.244. The normalized spacial score (nSPS) is 10.0. The summed E-state index contributed by atoms with van der Waals surface area (Å²) in [6.45, 7) is 0.516. The van der Waals surface area contributed by atoms with Gasteiger partial charge in [0.25, 0.3) is 0 Å². The molecule has 0 fully saturated rings. The van der Waals surface area contributed by atoms with E-state index in [0.29, 0.717) is 12.8 Å². The maximum atomic E-state index is 10.5. The van der Waals surface area contributed by atoms with Gasteiger partial charge in [-0.15, -0.1) is 5.10 Å². The van der Waals surface area contributed by atoms with Gasteiger partial charge in [-0.3, -0.25) is 4.79 Å². The minimum absolute atomic E-state index is 0.244. The quantitative estimate of drug-likeness (QED) is 0.659. The predicted molar refractivity (Wildman–Crippen MR) is 48.7 cm³/mol. The van der Waals surface area contributed by atoms with Gasteiger partial charge in [0.1, 0.15) is 0 Å². The van der Waals surface area contributed by atoms with Crippen LogP contribution in [0.1, 0.15) is 16.2 Å². The molecule has 0 saturated carbocycles. The molecule has 0 aliphatic carbocycles. The summed E-state index contributed by atoms with van der Waals surface area (Å²) in [5, 5.41) is 10.7. The van der Waals surface area contributed by atoms with Gasteiger partial charge in [-0.2, -0.15) is 0 Å². The summed E-state index contributed by atoms with van der Waals surface area (Å²) in [4.78, 5) is 10.5. The zero-order valence-electron chi connectivity index (χ0n) is 7.37. The molecule has 0 unspecified atom stereocenters. The van der Waals surface area contributed by atoms with E-state index in [1.165, 1.54) is 4.68 Å². The van der Waals surface area contributed by atoms with Gasteiger partial charge in [-0.25, -0.2) is 4.68 Å². The van der Waals surface area contributed by atoms with Crippen LogP contribution in [-0.4, -0.2) is 26.5 Å². The van der Waals surface area contributed by atoms with E-state index in [0.717, 1.165) is 5.56 Å². The minimum Gasteiger partial charge on any atom is -0.294 e. The van der Waals surface area contributed by atoms with E-state index in [1.54, 1.807) is 0 Å².